The first kappa shape index (κ1) is 19.6. The zero-order chi connectivity index (χ0) is 19.6. The minimum atomic E-state index is -1.55. The van der Waals surface area contributed by atoms with Crippen LogP contribution in [0.1, 0.15) is 42.7 Å². The summed E-state index contributed by atoms with van der Waals surface area (Å²) >= 11 is 0. The highest BCUT2D eigenvalue weighted by Gasteiger charge is 2.21. The Kier molecular flexibility index (Phi) is 5.76. The van der Waals surface area contributed by atoms with Crippen molar-refractivity contribution < 1.29 is 27.9 Å². The number of hydroxylamine groups is 2. The van der Waals surface area contributed by atoms with Gasteiger partial charge in [0.05, 0.1) is 6.04 Å². The summed E-state index contributed by atoms with van der Waals surface area (Å²) in [5.41, 5.74) is 6.15. The SMILES string of the molecule is Cc1cc(C(C)N(O)C(N)=O)ccc1OC(C)c1ccc(F)c(F)c1F. The van der Waals surface area contributed by atoms with Gasteiger partial charge >= 0.3 is 6.03 Å². The molecule has 140 valence electrons. The van der Waals surface area contributed by atoms with Crippen LogP contribution in [-0.2, 0) is 0 Å². The van der Waals surface area contributed by atoms with Crippen LogP contribution >= 0.6 is 0 Å². The van der Waals surface area contributed by atoms with E-state index in [9.17, 15) is 23.2 Å². The first-order valence-corrected chi connectivity index (χ1v) is 7.81. The first-order valence-electron chi connectivity index (χ1n) is 7.81. The summed E-state index contributed by atoms with van der Waals surface area (Å²) in [6, 6.07) is 5.14. The normalized spacial score (nSPS) is 13.2. The molecule has 2 rings (SSSR count). The van der Waals surface area contributed by atoms with E-state index in [1.807, 2.05) is 0 Å². The van der Waals surface area contributed by atoms with E-state index in [1.165, 1.54) is 6.92 Å². The summed E-state index contributed by atoms with van der Waals surface area (Å²) in [4.78, 5) is 11.0. The molecule has 0 aromatic heterocycles. The van der Waals surface area contributed by atoms with Crippen molar-refractivity contribution in [1.82, 2.24) is 5.06 Å². The maximum atomic E-state index is 13.9. The maximum absolute atomic E-state index is 13.9. The fraction of sp³-hybridized carbons (Fsp3) is 0.278. The molecule has 0 spiro atoms. The van der Waals surface area contributed by atoms with Gasteiger partial charge in [-0.1, -0.05) is 12.1 Å². The average molecular weight is 368 g/mol. The fourth-order valence-electron chi connectivity index (χ4n) is 2.51. The van der Waals surface area contributed by atoms with Crippen molar-refractivity contribution in [3.63, 3.8) is 0 Å². The molecule has 26 heavy (non-hydrogen) atoms. The minimum Gasteiger partial charge on any atom is -0.486 e. The number of halogens is 3. The van der Waals surface area contributed by atoms with Crippen molar-refractivity contribution >= 4 is 6.03 Å². The summed E-state index contributed by atoms with van der Waals surface area (Å²) < 4.78 is 46.0. The van der Waals surface area contributed by atoms with Gasteiger partial charge in [-0.2, -0.15) is 5.06 Å². The molecule has 0 saturated heterocycles. The van der Waals surface area contributed by atoms with Gasteiger partial charge in [-0.05, 0) is 50.1 Å². The smallest absolute Gasteiger partial charge is 0.339 e. The molecule has 2 unspecified atom stereocenters. The third-order valence-corrected chi connectivity index (χ3v) is 4.08. The largest absolute Gasteiger partial charge is 0.486 e. The molecule has 0 aliphatic heterocycles. The fourth-order valence-corrected chi connectivity index (χ4v) is 2.51. The number of nitrogens with two attached hydrogens (primary N) is 1. The summed E-state index contributed by atoms with van der Waals surface area (Å²) in [6.07, 6.45) is -0.868. The first-order chi connectivity index (χ1) is 12.1. The molecule has 0 aliphatic rings. The molecule has 2 aromatic rings. The van der Waals surface area contributed by atoms with E-state index in [0.29, 0.717) is 21.9 Å². The van der Waals surface area contributed by atoms with Crippen LogP contribution in [-0.4, -0.2) is 16.3 Å². The van der Waals surface area contributed by atoms with Gasteiger partial charge in [0.25, 0.3) is 0 Å². The molecule has 3 N–H and O–H groups in total. The predicted octanol–water partition coefficient (Wildman–Crippen LogP) is 4.38. The summed E-state index contributed by atoms with van der Waals surface area (Å²) in [5, 5.41) is 10.00. The quantitative estimate of drug-likeness (QED) is 0.467. The van der Waals surface area contributed by atoms with Gasteiger partial charge in [-0.25, -0.2) is 18.0 Å². The Morgan fingerprint density at radius 1 is 1.15 bits per heavy atom. The summed E-state index contributed by atoms with van der Waals surface area (Å²) in [6.45, 7) is 4.81. The molecule has 0 fully saturated rings. The lowest BCUT2D eigenvalue weighted by atomic mass is 10.0. The predicted molar refractivity (Wildman–Crippen MR) is 88.2 cm³/mol. The van der Waals surface area contributed by atoms with E-state index in [1.54, 1.807) is 32.0 Å². The lowest BCUT2D eigenvalue weighted by Crippen LogP contribution is -2.34. The Hall–Kier alpha value is -2.74. The zero-order valence-corrected chi connectivity index (χ0v) is 14.5. The van der Waals surface area contributed by atoms with Crippen LogP contribution in [0.15, 0.2) is 30.3 Å². The topological polar surface area (TPSA) is 75.8 Å². The van der Waals surface area contributed by atoms with Crippen LogP contribution in [0.5, 0.6) is 5.75 Å². The zero-order valence-electron chi connectivity index (χ0n) is 14.5. The van der Waals surface area contributed by atoms with Crippen molar-refractivity contribution in [2.45, 2.75) is 32.9 Å². The number of urea groups is 1. The standard InChI is InChI=1S/C18H19F3N2O3/c1-9-8-12(10(2)23(25)18(22)24)4-7-15(9)26-11(3)13-5-6-14(19)17(21)16(13)20/h4-8,10-11,25H,1-3H3,(H2,22,24). The number of rotatable bonds is 5. The van der Waals surface area contributed by atoms with Gasteiger partial charge in [-0.3, -0.25) is 5.21 Å². The number of hydrogen-bond acceptors (Lipinski definition) is 3. The number of primary amides is 1. The summed E-state index contributed by atoms with van der Waals surface area (Å²) in [7, 11) is 0. The number of aryl methyl sites for hydroxylation is 1. The third kappa shape index (κ3) is 3.91. The molecule has 0 aliphatic carbocycles. The molecule has 0 heterocycles. The molecule has 2 atom stereocenters. The van der Waals surface area contributed by atoms with E-state index in [4.69, 9.17) is 10.5 Å². The number of ether oxygens (including phenoxy) is 1. The Labute approximate surface area is 148 Å². The van der Waals surface area contributed by atoms with E-state index < -0.39 is 35.6 Å². The second kappa shape index (κ2) is 7.65. The molecule has 0 radical (unpaired) electrons. The Morgan fingerprint density at radius 2 is 1.81 bits per heavy atom. The molecule has 0 bridgehead atoms. The lowest BCUT2D eigenvalue weighted by molar-refractivity contribution is -0.0710. The highest BCUT2D eigenvalue weighted by molar-refractivity contribution is 5.71. The number of hydrogen-bond donors (Lipinski definition) is 2. The van der Waals surface area contributed by atoms with Crippen LogP contribution in [0.25, 0.3) is 0 Å². The van der Waals surface area contributed by atoms with Crippen molar-refractivity contribution in [3.05, 3.63) is 64.5 Å². The molecule has 2 amide bonds. The molecule has 0 saturated carbocycles. The maximum Gasteiger partial charge on any atom is 0.339 e. The van der Waals surface area contributed by atoms with Gasteiger partial charge < -0.3 is 10.5 Å². The number of amides is 2. The van der Waals surface area contributed by atoms with Crippen LogP contribution in [0, 0.1) is 24.4 Å². The molecular formula is C18H19F3N2O3. The minimum absolute atomic E-state index is 0.115. The average Bonchev–Trinajstić information content (AvgIpc) is 2.59. The highest BCUT2D eigenvalue weighted by atomic mass is 19.2. The van der Waals surface area contributed by atoms with Crippen molar-refractivity contribution in [2.75, 3.05) is 0 Å². The third-order valence-electron chi connectivity index (χ3n) is 4.08. The van der Waals surface area contributed by atoms with Crippen molar-refractivity contribution in [1.29, 1.82) is 0 Å². The number of benzene rings is 2. The van der Waals surface area contributed by atoms with E-state index in [-0.39, 0.29) is 5.56 Å². The number of nitrogens with zero attached hydrogens (tertiary/aromatic N) is 1. The Balaban J connectivity index is 2.23. The van der Waals surface area contributed by atoms with Crippen LogP contribution in [0.3, 0.4) is 0 Å². The summed E-state index contributed by atoms with van der Waals surface area (Å²) in [5.74, 6) is -3.72. The van der Waals surface area contributed by atoms with Crippen LogP contribution in [0.4, 0.5) is 18.0 Å². The Bertz CT molecular complexity index is 830. The van der Waals surface area contributed by atoms with Crippen molar-refractivity contribution in [3.8, 4) is 5.75 Å². The monoisotopic (exact) mass is 368 g/mol. The molecule has 2 aromatic carbocycles. The molecule has 5 nitrogen and oxygen atoms in total. The second-order valence-electron chi connectivity index (χ2n) is 5.91. The lowest BCUT2D eigenvalue weighted by Gasteiger charge is -2.22. The van der Waals surface area contributed by atoms with Gasteiger partial charge in [0.15, 0.2) is 17.5 Å². The van der Waals surface area contributed by atoms with Gasteiger partial charge in [-0.15, -0.1) is 0 Å². The van der Waals surface area contributed by atoms with Gasteiger partial charge in [0.1, 0.15) is 11.9 Å². The van der Waals surface area contributed by atoms with Gasteiger partial charge in [0, 0.05) is 5.56 Å². The Morgan fingerprint density at radius 3 is 2.38 bits per heavy atom. The molecule has 8 heteroatoms. The second-order valence-corrected chi connectivity index (χ2v) is 5.91. The van der Waals surface area contributed by atoms with E-state index >= 15 is 0 Å². The highest BCUT2D eigenvalue weighted by Crippen LogP contribution is 2.30. The number of carbonyl (C=O) groups excluding carboxylic acids is 1. The van der Waals surface area contributed by atoms with Crippen molar-refractivity contribution in [2.24, 2.45) is 5.73 Å². The van der Waals surface area contributed by atoms with Crippen LogP contribution < -0.4 is 10.5 Å². The molecular weight excluding hydrogens is 349 g/mol. The van der Waals surface area contributed by atoms with Gasteiger partial charge in [0.2, 0.25) is 0 Å². The number of carbonyl (C=O) groups is 1. The van der Waals surface area contributed by atoms with Crippen LogP contribution in [0.2, 0.25) is 0 Å². The van der Waals surface area contributed by atoms with E-state index in [2.05, 4.69) is 0 Å². The van der Waals surface area contributed by atoms with E-state index in [0.717, 1.165) is 12.1 Å².